The van der Waals surface area contributed by atoms with E-state index >= 15 is 0 Å². The van der Waals surface area contributed by atoms with Gasteiger partial charge in [-0.1, -0.05) is 19.1 Å². The second kappa shape index (κ2) is 7.39. The zero-order chi connectivity index (χ0) is 13.5. The second-order valence-corrected chi connectivity index (χ2v) is 4.89. The van der Waals surface area contributed by atoms with Crippen molar-refractivity contribution >= 4 is 5.69 Å². The molecule has 102 valence electrons. The van der Waals surface area contributed by atoms with E-state index in [1.165, 1.54) is 11.3 Å². The van der Waals surface area contributed by atoms with E-state index in [1.54, 1.807) is 7.11 Å². The molecule has 0 saturated carbocycles. The maximum Gasteiger partial charge on any atom is 0.0637 e. The van der Waals surface area contributed by atoms with Crippen LogP contribution in [0.25, 0.3) is 0 Å². The predicted octanol–water partition coefficient (Wildman–Crippen LogP) is 2.96. The van der Waals surface area contributed by atoms with Gasteiger partial charge in [-0.15, -0.1) is 0 Å². The van der Waals surface area contributed by atoms with Crippen LogP contribution in [0.1, 0.15) is 38.8 Å². The number of rotatable bonds is 7. The summed E-state index contributed by atoms with van der Waals surface area (Å²) in [5.41, 5.74) is 8.46. The van der Waals surface area contributed by atoms with Crippen LogP contribution in [0.4, 0.5) is 5.69 Å². The fraction of sp³-hybridized carbons (Fsp3) is 0.600. The van der Waals surface area contributed by atoms with E-state index in [0.717, 1.165) is 19.6 Å². The van der Waals surface area contributed by atoms with Crippen molar-refractivity contribution in [3.63, 3.8) is 0 Å². The molecule has 0 saturated heterocycles. The van der Waals surface area contributed by atoms with Crippen LogP contribution < -0.4 is 10.6 Å². The molecule has 0 aliphatic carbocycles. The van der Waals surface area contributed by atoms with Crippen LogP contribution in [0, 0.1) is 0 Å². The first kappa shape index (κ1) is 15.0. The molecule has 1 unspecified atom stereocenters. The molecule has 0 amide bonds. The highest BCUT2D eigenvalue weighted by atomic mass is 16.5. The Kier molecular flexibility index (Phi) is 6.16. The Hall–Kier alpha value is -1.06. The summed E-state index contributed by atoms with van der Waals surface area (Å²) in [6.45, 7) is 8.15. The molecule has 1 aromatic rings. The van der Waals surface area contributed by atoms with E-state index in [-0.39, 0.29) is 6.04 Å². The van der Waals surface area contributed by atoms with Crippen LogP contribution in [-0.4, -0.2) is 26.3 Å². The predicted molar refractivity (Wildman–Crippen MR) is 78.0 cm³/mol. The monoisotopic (exact) mass is 250 g/mol. The quantitative estimate of drug-likeness (QED) is 0.808. The SMILES string of the molecule is CCC(N)c1ccc(N(CCOC)C(C)C)cc1. The van der Waals surface area contributed by atoms with Gasteiger partial charge in [0, 0.05) is 31.4 Å². The highest BCUT2D eigenvalue weighted by molar-refractivity contribution is 5.48. The lowest BCUT2D eigenvalue weighted by atomic mass is 10.0. The highest BCUT2D eigenvalue weighted by Gasteiger charge is 2.11. The van der Waals surface area contributed by atoms with Gasteiger partial charge in [-0.05, 0) is 38.0 Å². The summed E-state index contributed by atoms with van der Waals surface area (Å²) in [4.78, 5) is 2.34. The van der Waals surface area contributed by atoms with Crippen molar-refractivity contribution in [1.29, 1.82) is 0 Å². The van der Waals surface area contributed by atoms with Gasteiger partial charge in [0.2, 0.25) is 0 Å². The van der Waals surface area contributed by atoms with Crippen molar-refractivity contribution in [2.45, 2.75) is 39.3 Å². The lowest BCUT2D eigenvalue weighted by Gasteiger charge is -2.29. The lowest BCUT2D eigenvalue weighted by molar-refractivity contribution is 0.204. The minimum atomic E-state index is 0.144. The molecule has 0 spiro atoms. The van der Waals surface area contributed by atoms with Crippen LogP contribution in [0.3, 0.4) is 0 Å². The van der Waals surface area contributed by atoms with Crippen molar-refractivity contribution in [1.82, 2.24) is 0 Å². The minimum Gasteiger partial charge on any atom is -0.383 e. The van der Waals surface area contributed by atoms with Crippen LogP contribution >= 0.6 is 0 Å². The molecule has 0 bridgehead atoms. The van der Waals surface area contributed by atoms with Crippen molar-refractivity contribution in [2.24, 2.45) is 5.73 Å². The van der Waals surface area contributed by atoms with Gasteiger partial charge in [-0.25, -0.2) is 0 Å². The van der Waals surface area contributed by atoms with Gasteiger partial charge in [0.1, 0.15) is 0 Å². The van der Waals surface area contributed by atoms with E-state index in [9.17, 15) is 0 Å². The molecule has 1 rings (SSSR count). The van der Waals surface area contributed by atoms with Gasteiger partial charge in [0.15, 0.2) is 0 Å². The Balaban J connectivity index is 2.80. The molecule has 0 radical (unpaired) electrons. The lowest BCUT2D eigenvalue weighted by Crippen LogP contribution is -2.33. The molecule has 18 heavy (non-hydrogen) atoms. The summed E-state index contributed by atoms with van der Waals surface area (Å²) in [7, 11) is 1.74. The number of hydrogen-bond acceptors (Lipinski definition) is 3. The maximum absolute atomic E-state index is 6.03. The molecule has 0 fully saturated rings. The topological polar surface area (TPSA) is 38.5 Å². The number of anilines is 1. The zero-order valence-electron chi connectivity index (χ0n) is 12.0. The Labute approximate surface area is 111 Å². The van der Waals surface area contributed by atoms with Crippen LogP contribution in [0.15, 0.2) is 24.3 Å². The number of ether oxygens (including phenoxy) is 1. The van der Waals surface area contributed by atoms with E-state index in [1.807, 2.05) is 0 Å². The zero-order valence-corrected chi connectivity index (χ0v) is 12.0. The molecule has 2 N–H and O–H groups in total. The second-order valence-electron chi connectivity index (χ2n) is 4.89. The molecular weight excluding hydrogens is 224 g/mol. The normalized spacial score (nSPS) is 12.8. The summed E-state index contributed by atoms with van der Waals surface area (Å²) >= 11 is 0. The van der Waals surface area contributed by atoms with Gasteiger partial charge < -0.3 is 15.4 Å². The molecule has 3 heteroatoms. The number of methoxy groups -OCH3 is 1. The summed E-state index contributed by atoms with van der Waals surface area (Å²) in [6, 6.07) is 9.18. The molecule has 0 heterocycles. The Morgan fingerprint density at radius 2 is 1.83 bits per heavy atom. The van der Waals surface area contributed by atoms with Crippen LogP contribution in [-0.2, 0) is 4.74 Å². The van der Waals surface area contributed by atoms with Crippen molar-refractivity contribution in [3.05, 3.63) is 29.8 Å². The first-order valence-corrected chi connectivity index (χ1v) is 6.71. The van der Waals surface area contributed by atoms with Gasteiger partial charge in [-0.3, -0.25) is 0 Å². The number of hydrogen-bond donors (Lipinski definition) is 1. The molecule has 3 nitrogen and oxygen atoms in total. The summed E-state index contributed by atoms with van der Waals surface area (Å²) in [6.07, 6.45) is 0.969. The Morgan fingerprint density at radius 3 is 2.28 bits per heavy atom. The van der Waals surface area contributed by atoms with Crippen LogP contribution in [0.5, 0.6) is 0 Å². The third-order valence-corrected chi connectivity index (χ3v) is 3.25. The molecule has 0 aliphatic rings. The number of benzene rings is 1. The third kappa shape index (κ3) is 4.00. The molecule has 0 aliphatic heterocycles. The highest BCUT2D eigenvalue weighted by Crippen LogP contribution is 2.21. The van der Waals surface area contributed by atoms with E-state index < -0.39 is 0 Å². The van der Waals surface area contributed by atoms with E-state index in [2.05, 4.69) is 49.9 Å². The molecular formula is C15H26N2O. The van der Waals surface area contributed by atoms with Crippen molar-refractivity contribution in [3.8, 4) is 0 Å². The van der Waals surface area contributed by atoms with Crippen molar-refractivity contribution < 1.29 is 4.74 Å². The van der Waals surface area contributed by atoms with Crippen molar-refractivity contribution in [2.75, 3.05) is 25.2 Å². The first-order valence-electron chi connectivity index (χ1n) is 6.71. The fourth-order valence-corrected chi connectivity index (χ4v) is 2.02. The fourth-order valence-electron chi connectivity index (χ4n) is 2.02. The van der Waals surface area contributed by atoms with E-state index in [0.29, 0.717) is 6.04 Å². The van der Waals surface area contributed by atoms with Gasteiger partial charge in [0.05, 0.1) is 6.61 Å². The largest absolute Gasteiger partial charge is 0.383 e. The third-order valence-electron chi connectivity index (χ3n) is 3.25. The van der Waals surface area contributed by atoms with Gasteiger partial charge >= 0.3 is 0 Å². The Bertz CT molecular complexity index is 335. The Morgan fingerprint density at radius 1 is 1.22 bits per heavy atom. The summed E-state index contributed by atoms with van der Waals surface area (Å²) in [5.74, 6) is 0. The molecule has 1 atom stereocenters. The summed E-state index contributed by atoms with van der Waals surface area (Å²) < 4.78 is 5.16. The van der Waals surface area contributed by atoms with Gasteiger partial charge in [0.25, 0.3) is 0 Å². The minimum absolute atomic E-state index is 0.144. The smallest absolute Gasteiger partial charge is 0.0637 e. The average Bonchev–Trinajstić information content (AvgIpc) is 2.38. The maximum atomic E-state index is 6.03. The number of nitrogens with two attached hydrogens (primary N) is 1. The number of nitrogens with zero attached hydrogens (tertiary/aromatic N) is 1. The molecule has 1 aromatic carbocycles. The summed E-state index contributed by atoms with van der Waals surface area (Å²) in [5, 5.41) is 0. The standard InChI is InChI=1S/C15H26N2O/c1-5-15(16)13-6-8-14(9-7-13)17(12(2)3)10-11-18-4/h6-9,12,15H,5,10-11,16H2,1-4H3. The first-order chi connectivity index (χ1) is 8.60. The van der Waals surface area contributed by atoms with Crippen LogP contribution in [0.2, 0.25) is 0 Å². The van der Waals surface area contributed by atoms with E-state index in [4.69, 9.17) is 10.5 Å². The van der Waals surface area contributed by atoms with Gasteiger partial charge in [-0.2, -0.15) is 0 Å². The molecule has 0 aromatic heterocycles. The average molecular weight is 250 g/mol.